The van der Waals surface area contributed by atoms with Crippen molar-refractivity contribution >= 4 is 19.1 Å². The third-order valence-corrected chi connectivity index (χ3v) is 13.8. The molecule has 2 aromatic rings. The number of nitrogens with one attached hydrogen (secondary N) is 1. The second kappa shape index (κ2) is 12.3. The summed E-state index contributed by atoms with van der Waals surface area (Å²) in [6.07, 6.45) is 10.8. The first-order chi connectivity index (χ1) is 19.5. The summed E-state index contributed by atoms with van der Waals surface area (Å²) in [5, 5.41) is 4.00. The van der Waals surface area contributed by atoms with Gasteiger partial charge in [-0.2, -0.15) is 0 Å². The molecular weight excluding hydrogens is 519 g/mol. The van der Waals surface area contributed by atoms with E-state index in [1.165, 1.54) is 68.5 Å². The summed E-state index contributed by atoms with van der Waals surface area (Å²) in [5.41, 5.74) is 4.55. The van der Waals surface area contributed by atoms with Gasteiger partial charge >= 0.3 is 0 Å². The van der Waals surface area contributed by atoms with Crippen molar-refractivity contribution in [3.63, 3.8) is 0 Å². The number of nitrogens with zero attached hydrogens (tertiary/aromatic N) is 2. The van der Waals surface area contributed by atoms with Crippen LogP contribution in [0.1, 0.15) is 84.9 Å². The van der Waals surface area contributed by atoms with Gasteiger partial charge in [0.05, 0.1) is 17.6 Å². The topological polar surface area (TPSA) is 39.1 Å². The SMILES string of the molecule is C=C1CC[C@H]2[C@H](CNCc3nc4ccccc4n3COCC[Si](C)(C)C)[C@@H]([C@@]3(C)CC[C@H](C)C[C@@H]3CC)CC[C@]12C. The minimum atomic E-state index is -1.12. The summed E-state index contributed by atoms with van der Waals surface area (Å²) in [6.45, 7) is 25.3. The fourth-order valence-corrected chi connectivity index (χ4v) is 10.1. The van der Waals surface area contributed by atoms with E-state index in [-0.39, 0.29) is 0 Å². The van der Waals surface area contributed by atoms with Gasteiger partial charge in [0, 0.05) is 14.7 Å². The van der Waals surface area contributed by atoms with E-state index in [2.05, 4.69) is 88.1 Å². The number of hydrogen-bond acceptors (Lipinski definition) is 3. The summed E-state index contributed by atoms with van der Waals surface area (Å²) >= 11 is 0. The van der Waals surface area contributed by atoms with Gasteiger partial charge in [-0.1, -0.05) is 84.5 Å². The molecule has 5 rings (SSSR count). The van der Waals surface area contributed by atoms with E-state index in [0.717, 1.165) is 54.7 Å². The van der Waals surface area contributed by atoms with Crippen molar-refractivity contribution in [1.29, 1.82) is 0 Å². The molecule has 228 valence electrons. The average molecular weight is 578 g/mol. The molecule has 3 saturated carbocycles. The molecule has 0 spiro atoms. The lowest BCUT2D eigenvalue weighted by molar-refractivity contribution is -0.0669. The summed E-state index contributed by atoms with van der Waals surface area (Å²) < 4.78 is 8.55. The largest absolute Gasteiger partial charge is 0.361 e. The summed E-state index contributed by atoms with van der Waals surface area (Å²) in [4.78, 5) is 5.09. The van der Waals surface area contributed by atoms with E-state index in [0.29, 0.717) is 23.5 Å². The van der Waals surface area contributed by atoms with E-state index in [9.17, 15) is 0 Å². The number of para-hydroxylation sites is 2. The second-order valence-corrected chi connectivity index (χ2v) is 21.5. The Kier molecular flexibility index (Phi) is 9.29. The van der Waals surface area contributed by atoms with Crippen molar-refractivity contribution in [2.24, 2.45) is 40.4 Å². The number of rotatable bonds is 11. The van der Waals surface area contributed by atoms with Gasteiger partial charge in [-0.25, -0.2) is 4.98 Å². The number of allylic oxidation sites excluding steroid dienone is 1. The molecule has 1 aromatic heterocycles. The van der Waals surface area contributed by atoms with Crippen LogP contribution in [0.3, 0.4) is 0 Å². The average Bonchev–Trinajstić information content (AvgIpc) is 3.43. The van der Waals surface area contributed by atoms with Gasteiger partial charge in [0.2, 0.25) is 0 Å². The number of fused-ring (bicyclic) bond motifs is 2. The highest BCUT2D eigenvalue weighted by molar-refractivity contribution is 6.76. The van der Waals surface area contributed by atoms with Crippen molar-refractivity contribution in [3.8, 4) is 0 Å². The highest BCUT2D eigenvalue weighted by Crippen LogP contribution is 2.64. The molecule has 0 amide bonds. The molecule has 3 aliphatic carbocycles. The van der Waals surface area contributed by atoms with Gasteiger partial charge in [-0.05, 0) is 104 Å². The fraction of sp³-hybridized carbons (Fsp3) is 0.750. The van der Waals surface area contributed by atoms with E-state index in [4.69, 9.17) is 9.72 Å². The number of aromatic nitrogens is 2. The monoisotopic (exact) mass is 577 g/mol. The van der Waals surface area contributed by atoms with Crippen LogP contribution in [0.5, 0.6) is 0 Å². The maximum atomic E-state index is 6.24. The Morgan fingerprint density at radius 1 is 1.10 bits per heavy atom. The lowest BCUT2D eigenvalue weighted by Gasteiger charge is -2.57. The minimum Gasteiger partial charge on any atom is -0.361 e. The van der Waals surface area contributed by atoms with Gasteiger partial charge < -0.3 is 14.6 Å². The first-order valence-electron chi connectivity index (χ1n) is 16.9. The maximum absolute atomic E-state index is 6.24. The lowest BCUT2D eigenvalue weighted by Crippen LogP contribution is -2.52. The highest BCUT2D eigenvalue weighted by atomic mass is 28.3. The first kappa shape index (κ1) is 31.0. The van der Waals surface area contributed by atoms with Gasteiger partial charge in [-0.15, -0.1) is 0 Å². The van der Waals surface area contributed by atoms with Gasteiger partial charge in [0.15, 0.2) is 0 Å². The molecule has 0 bridgehead atoms. The molecule has 0 saturated heterocycles. The van der Waals surface area contributed by atoms with Crippen LogP contribution in [0, 0.1) is 40.4 Å². The first-order valence-corrected chi connectivity index (χ1v) is 20.6. The summed E-state index contributed by atoms with van der Waals surface area (Å²) in [6, 6.07) is 9.74. The van der Waals surface area contributed by atoms with Gasteiger partial charge in [0.25, 0.3) is 0 Å². The van der Waals surface area contributed by atoms with Crippen LogP contribution in [0.2, 0.25) is 25.7 Å². The molecular formula is C36H59N3OSi. The molecule has 1 heterocycles. The van der Waals surface area contributed by atoms with Crippen LogP contribution in [0.15, 0.2) is 36.4 Å². The molecule has 1 aromatic carbocycles. The standard InChI is InChI=1S/C36H59N3OSi/c1-9-28-22-26(2)16-18-36(28,5)31-17-19-35(4)27(3)14-15-30(35)29(31)23-37-24-34-38-32-12-10-11-13-33(32)39(34)25-40-20-21-41(6,7)8/h10-13,26,28-31,37H,3,9,14-25H2,1-2,4-8H3/t26-,28-,29-,30-,31-,35+,36-/m0/s1. The van der Waals surface area contributed by atoms with Crippen LogP contribution in [0.25, 0.3) is 11.0 Å². The van der Waals surface area contributed by atoms with Crippen molar-refractivity contribution in [1.82, 2.24) is 14.9 Å². The molecule has 41 heavy (non-hydrogen) atoms. The Hall–Kier alpha value is -1.43. The van der Waals surface area contributed by atoms with Gasteiger partial charge in [0.1, 0.15) is 12.6 Å². The third kappa shape index (κ3) is 6.29. The zero-order valence-electron chi connectivity index (χ0n) is 27.4. The maximum Gasteiger partial charge on any atom is 0.125 e. The van der Waals surface area contributed by atoms with E-state index in [1.54, 1.807) is 0 Å². The van der Waals surface area contributed by atoms with Crippen molar-refractivity contribution in [2.75, 3.05) is 13.2 Å². The summed E-state index contributed by atoms with van der Waals surface area (Å²) in [5.74, 6) is 5.08. The zero-order chi connectivity index (χ0) is 29.4. The predicted molar refractivity (Wildman–Crippen MR) is 177 cm³/mol. The van der Waals surface area contributed by atoms with Crippen LogP contribution >= 0.6 is 0 Å². The molecule has 3 fully saturated rings. The molecule has 1 N–H and O–H groups in total. The number of ether oxygens (including phenoxy) is 1. The normalized spacial score (nSPS) is 34.3. The minimum absolute atomic E-state index is 0.320. The molecule has 5 heteroatoms. The van der Waals surface area contributed by atoms with Crippen molar-refractivity contribution < 1.29 is 4.74 Å². The number of benzene rings is 1. The Morgan fingerprint density at radius 3 is 2.63 bits per heavy atom. The van der Waals surface area contributed by atoms with Crippen molar-refractivity contribution in [3.05, 3.63) is 42.2 Å². The molecule has 0 unspecified atom stereocenters. The number of imidazole rings is 1. The van der Waals surface area contributed by atoms with Crippen LogP contribution in [-0.4, -0.2) is 30.8 Å². The molecule has 4 nitrogen and oxygen atoms in total. The molecule has 3 aliphatic rings. The molecule has 7 atom stereocenters. The smallest absolute Gasteiger partial charge is 0.125 e. The number of hydrogen-bond donors (Lipinski definition) is 1. The lowest BCUT2D eigenvalue weighted by atomic mass is 9.48. The quantitative estimate of drug-likeness (QED) is 0.164. The Balaban J connectivity index is 1.35. The van der Waals surface area contributed by atoms with Crippen LogP contribution in [0.4, 0.5) is 0 Å². The van der Waals surface area contributed by atoms with E-state index in [1.807, 2.05) is 0 Å². The van der Waals surface area contributed by atoms with E-state index < -0.39 is 8.07 Å². The molecule has 0 aliphatic heterocycles. The van der Waals surface area contributed by atoms with E-state index >= 15 is 0 Å². The Labute approximate surface area is 252 Å². The van der Waals surface area contributed by atoms with Crippen molar-refractivity contribution in [2.45, 2.75) is 118 Å². The zero-order valence-corrected chi connectivity index (χ0v) is 28.4. The van der Waals surface area contributed by atoms with Crippen LogP contribution < -0.4 is 5.32 Å². The summed E-state index contributed by atoms with van der Waals surface area (Å²) in [7, 11) is -1.12. The van der Waals surface area contributed by atoms with Crippen LogP contribution in [-0.2, 0) is 18.0 Å². The fourth-order valence-electron chi connectivity index (χ4n) is 9.34. The Bertz CT molecular complexity index is 1200. The van der Waals surface area contributed by atoms with Gasteiger partial charge in [-0.3, -0.25) is 0 Å². The molecule has 0 radical (unpaired) electrons. The Morgan fingerprint density at radius 2 is 1.88 bits per heavy atom. The third-order valence-electron chi connectivity index (χ3n) is 12.1. The highest BCUT2D eigenvalue weighted by Gasteiger charge is 2.56. The second-order valence-electron chi connectivity index (χ2n) is 15.9. The predicted octanol–water partition coefficient (Wildman–Crippen LogP) is 9.29.